The summed E-state index contributed by atoms with van der Waals surface area (Å²) in [6.45, 7) is 2.96. The monoisotopic (exact) mass is 414 g/mol. The van der Waals surface area contributed by atoms with Gasteiger partial charge in [-0.1, -0.05) is 12.1 Å². The number of rotatable bonds is 4. The van der Waals surface area contributed by atoms with Crippen molar-refractivity contribution in [2.45, 2.75) is 19.5 Å². The van der Waals surface area contributed by atoms with E-state index >= 15 is 0 Å². The van der Waals surface area contributed by atoms with Crippen molar-refractivity contribution in [1.29, 1.82) is 0 Å². The Bertz CT molecular complexity index is 990. The molecule has 2 N–H and O–H groups in total. The van der Waals surface area contributed by atoms with Gasteiger partial charge in [0.25, 0.3) is 12.4 Å². The zero-order valence-corrected chi connectivity index (χ0v) is 16.5. The van der Waals surface area contributed by atoms with Gasteiger partial charge in [0.1, 0.15) is 23.0 Å². The van der Waals surface area contributed by atoms with Crippen LogP contribution in [0.25, 0.3) is 5.69 Å². The van der Waals surface area contributed by atoms with Gasteiger partial charge in [0.15, 0.2) is 0 Å². The fourth-order valence-electron chi connectivity index (χ4n) is 3.33. The molecule has 30 heavy (non-hydrogen) atoms. The summed E-state index contributed by atoms with van der Waals surface area (Å²) in [4.78, 5) is 26.9. The predicted octanol–water partition coefficient (Wildman–Crippen LogP) is 1.33. The van der Waals surface area contributed by atoms with Crippen molar-refractivity contribution in [3.8, 4) is 5.69 Å². The molecule has 9 nitrogen and oxygen atoms in total. The molecule has 158 valence electrons. The van der Waals surface area contributed by atoms with Gasteiger partial charge in [-0.2, -0.15) is 5.10 Å². The van der Waals surface area contributed by atoms with E-state index in [-0.39, 0.29) is 18.2 Å². The van der Waals surface area contributed by atoms with Crippen LogP contribution < -0.4 is 5.32 Å². The Morgan fingerprint density at radius 3 is 2.77 bits per heavy atom. The summed E-state index contributed by atoms with van der Waals surface area (Å²) >= 11 is 0. The molecule has 4 rings (SSSR count). The smallest absolute Gasteiger partial charge is 0.290 e. The number of benzene rings is 1. The van der Waals surface area contributed by atoms with Crippen molar-refractivity contribution in [3.63, 3.8) is 0 Å². The minimum absolute atomic E-state index is 0.159. The normalized spacial score (nSPS) is 13.5. The molecular formula is C20H23FN6O3. The predicted molar refractivity (Wildman–Crippen MR) is 107 cm³/mol. The molecule has 0 saturated heterocycles. The van der Waals surface area contributed by atoms with Gasteiger partial charge in [-0.15, -0.1) is 0 Å². The van der Waals surface area contributed by atoms with Crippen LogP contribution in [-0.2, 0) is 24.3 Å². The third kappa shape index (κ3) is 4.90. The van der Waals surface area contributed by atoms with Crippen LogP contribution in [0.3, 0.4) is 0 Å². The molecule has 2 aromatic heterocycles. The van der Waals surface area contributed by atoms with Crippen molar-refractivity contribution < 1.29 is 19.1 Å². The Hall–Kier alpha value is -3.53. The minimum Gasteiger partial charge on any atom is -0.483 e. The van der Waals surface area contributed by atoms with Gasteiger partial charge in [0, 0.05) is 57.6 Å². The lowest BCUT2D eigenvalue weighted by molar-refractivity contribution is -0.122. The fourth-order valence-corrected chi connectivity index (χ4v) is 3.33. The largest absolute Gasteiger partial charge is 0.483 e. The number of hydrogen-bond donors (Lipinski definition) is 2. The van der Waals surface area contributed by atoms with E-state index < -0.39 is 0 Å². The average molecular weight is 414 g/mol. The zero-order chi connectivity index (χ0) is 21.5. The van der Waals surface area contributed by atoms with Gasteiger partial charge < -0.3 is 15.0 Å². The number of imidazole rings is 1. The van der Waals surface area contributed by atoms with Crippen molar-refractivity contribution >= 4 is 12.4 Å². The molecule has 3 heterocycles. The molecule has 1 aromatic carbocycles. The van der Waals surface area contributed by atoms with Gasteiger partial charge >= 0.3 is 0 Å². The summed E-state index contributed by atoms with van der Waals surface area (Å²) < 4.78 is 17.5. The van der Waals surface area contributed by atoms with Gasteiger partial charge in [-0.25, -0.2) is 14.1 Å². The SMILES string of the molecule is CNC(=O)c1cn2c(n1)CCN(Cc1cnn(-c3ccccc3F)c1)CC2.O=CO. The summed E-state index contributed by atoms with van der Waals surface area (Å²) in [5.41, 5.74) is 1.94. The Kier molecular flexibility index (Phi) is 6.91. The van der Waals surface area contributed by atoms with Gasteiger partial charge in [0.2, 0.25) is 0 Å². The molecular weight excluding hydrogens is 391 g/mol. The van der Waals surface area contributed by atoms with Crippen LogP contribution in [0.5, 0.6) is 0 Å². The highest BCUT2D eigenvalue weighted by molar-refractivity contribution is 5.91. The Labute approximate surface area is 172 Å². The van der Waals surface area contributed by atoms with Crippen LogP contribution in [-0.4, -0.2) is 61.9 Å². The summed E-state index contributed by atoms with van der Waals surface area (Å²) in [5.74, 6) is 0.477. The number of amides is 1. The number of fused-ring (bicyclic) bond motifs is 1. The van der Waals surface area contributed by atoms with E-state index in [0.717, 1.165) is 44.0 Å². The lowest BCUT2D eigenvalue weighted by Gasteiger charge is -2.18. The number of aromatic nitrogens is 4. The molecule has 1 aliphatic rings. The van der Waals surface area contributed by atoms with Crippen LogP contribution in [0.4, 0.5) is 4.39 Å². The Morgan fingerprint density at radius 1 is 1.27 bits per heavy atom. The topological polar surface area (TPSA) is 105 Å². The van der Waals surface area contributed by atoms with E-state index in [4.69, 9.17) is 9.90 Å². The van der Waals surface area contributed by atoms with E-state index in [1.165, 1.54) is 6.07 Å². The standard InChI is InChI=1S/C19H21FN6O.CH2O2/c1-21-19(27)16-13-25-9-8-24(7-6-18(25)23-16)11-14-10-22-26(12-14)17-5-3-2-4-15(17)20;2-1-3/h2-5,10,12-13H,6-9,11H2,1H3,(H,21,27);1H,(H,2,3). The van der Waals surface area contributed by atoms with Crippen LogP contribution in [0.15, 0.2) is 42.9 Å². The third-order valence-corrected chi connectivity index (χ3v) is 4.77. The average Bonchev–Trinajstić information content (AvgIpc) is 3.33. The van der Waals surface area contributed by atoms with E-state index in [1.807, 2.05) is 17.0 Å². The van der Waals surface area contributed by atoms with Crippen molar-refractivity contribution in [2.24, 2.45) is 0 Å². The number of halogens is 1. The summed E-state index contributed by atoms with van der Waals surface area (Å²) in [7, 11) is 1.61. The first kappa shape index (κ1) is 21.2. The molecule has 0 radical (unpaired) electrons. The summed E-state index contributed by atoms with van der Waals surface area (Å²) in [6, 6.07) is 6.60. The van der Waals surface area contributed by atoms with Crippen LogP contribution in [0.1, 0.15) is 21.9 Å². The summed E-state index contributed by atoms with van der Waals surface area (Å²) in [6.07, 6.45) is 6.23. The van der Waals surface area contributed by atoms with E-state index in [0.29, 0.717) is 11.4 Å². The molecule has 0 aliphatic carbocycles. The maximum absolute atomic E-state index is 13.9. The van der Waals surface area contributed by atoms with Crippen molar-refractivity contribution in [1.82, 2.24) is 29.5 Å². The molecule has 0 spiro atoms. The highest BCUT2D eigenvalue weighted by atomic mass is 19.1. The van der Waals surface area contributed by atoms with Crippen molar-refractivity contribution in [2.75, 3.05) is 20.1 Å². The lowest BCUT2D eigenvalue weighted by Crippen LogP contribution is -2.26. The van der Waals surface area contributed by atoms with Gasteiger partial charge in [0.05, 0.1) is 6.20 Å². The maximum atomic E-state index is 13.9. The van der Waals surface area contributed by atoms with Crippen molar-refractivity contribution in [3.05, 3.63) is 65.8 Å². The van der Waals surface area contributed by atoms with Crippen LogP contribution in [0, 0.1) is 5.82 Å². The highest BCUT2D eigenvalue weighted by Gasteiger charge is 2.19. The first-order chi connectivity index (χ1) is 14.5. The zero-order valence-electron chi connectivity index (χ0n) is 16.5. The number of nitrogens with one attached hydrogen (secondary N) is 1. The number of carbonyl (C=O) groups is 2. The Balaban J connectivity index is 0.000000806. The van der Waals surface area contributed by atoms with Crippen LogP contribution in [0.2, 0.25) is 0 Å². The second-order valence-corrected chi connectivity index (χ2v) is 6.69. The minimum atomic E-state index is -0.292. The maximum Gasteiger partial charge on any atom is 0.290 e. The first-order valence-electron chi connectivity index (χ1n) is 9.42. The molecule has 0 bridgehead atoms. The van der Waals surface area contributed by atoms with Gasteiger partial charge in [-0.3, -0.25) is 14.5 Å². The van der Waals surface area contributed by atoms with Crippen LogP contribution >= 0.6 is 0 Å². The molecule has 1 aliphatic heterocycles. The van der Waals surface area contributed by atoms with E-state index in [9.17, 15) is 9.18 Å². The van der Waals surface area contributed by atoms with E-state index in [1.54, 1.807) is 36.1 Å². The molecule has 10 heteroatoms. The quantitative estimate of drug-likeness (QED) is 0.624. The number of carbonyl (C=O) groups excluding carboxylic acids is 1. The molecule has 0 atom stereocenters. The molecule has 0 saturated carbocycles. The second kappa shape index (κ2) is 9.79. The molecule has 3 aromatic rings. The van der Waals surface area contributed by atoms with Gasteiger partial charge in [-0.05, 0) is 12.1 Å². The Morgan fingerprint density at radius 2 is 2.03 bits per heavy atom. The summed E-state index contributed by atoms with van der Waals surface area (Å²) in [5, 5.41) is 13.8. The molecule has 1 amide bonds. The van der Waals surface area contributed by atoms with E-state index in [2.05, 4.69) is 20.3 Å². The molecule has 0 fully saturated rings. The lowest BCUT2D eigenvalue weighted by atomic mass is 10.3. The molecule has 0 unspecified atom stereocenters. The fraction of sp³-hybridized carbons (Fsp3) is 0.300. The number of para-hydroxylation sites is 1. The second-order valence-electron chi connectivity index (χ2n) is 6.69. The number of nitrogens with zero attached hydrogens (tertiary/aromatic N) is 5. The number of hydrogen-bond acceptors (Lipinski definition) is 5. The third-order valence-electron chi connectivity index (χ3n) is 4.77. The first-order valence-corrected chi connectivity index (χ1v) is 9.42. The number of carboxylic acid groups (broad SMARTS) is 1. The highest BCUT2D eigenvalue weighted by Crippen LogP contribution is 2.15.